The minimum atomic E-state index is -1.32. The van der Waals surface area contributed by atoms with Crippen LogP contribution in [0.1, 0.15) is 44.2 Å². The lowest BCUT2D eigenvalue weighted by atomic mass is 10.0. The lowest BCUT2D eigenvalue weighted by Gasteiger charge is -2.26. The number of hydrogen-bond acceptors (Lipinski definition) is 6. The van der Waals surface area contributed by atoms with Gasteiger partial charge in [-0.05, 0) is 31.2 Å². The first-order valence-corrected chi connectivity index (χ1v) is 10.6. The van der Waals surface area contributed by atoms with E-state index in [-0.39, 0.29) is 40.3 Å². The average molecular weight is 473 g/mol. The van der Waals surface area contributed by atoms with Crippen LogP contribution in [0.15, 0.2) is 41.8 Å². The number of carboxylic acids is 1. The quantitative estimate of drug-likeness (QED) is 0.526. The van der Waals surface area contributed by atoms with E-state index < -0.39 is 35.5 Å². The Balaban J connectivity index is 1.70. The number of hydrogen-bond donors (Lipinski definition) is 1. The van der Waals surface area contributed by atoms with Gasteiger partial charge in [0.15, 0.2) is 0 Å². The van der Waals surface area contributed by atoms with Crippen molar-refractivity contribution in [3.05, 3.63) is 75.0 Å². The van der Waals surface area contributed by atoms with Crippen molar-refractivity contribution in [1.82, 2.24) is 0 Å². The molecule has 2 heterocycles. The second kappa shape index (κ2) is 8.62. The Hall–Kier alpha value is -3.79. The Morgan fingerprint density at radius 2 is 1.94 bits per heavy atom. The number of rotatable bonds is 6. The average Bonchev–Trinajstić information content (AvgIpc) is 3.19. The normalized spacial score (nSPS) is 14.1. The highest BCUT2D eigenvalue weighted by molar-refractivity contribution is 7.11. The van der Waals surface area contributed by atoms with Crippen LogP contribution in [0.25, 0.3) is 0 Å². The third kappa shape index (κ3) is 3.93. The first-order valence-electron chi connectivity index (χ1n) is 9.72. The summed E-state index contributed by atoms with van der Waals surface area (Å²) in [6, 6.07) is 7.73. The highest BCUT2D eigenvalue weighted by Crippen LogP contribution is 2.36. The molecule has 0 aliphatic carbocycles. The van der Waals surface area contributed by atoms with Gasteiger partial charge in [-0.15, -0.1) is 11.3 Å². The fraction of sp³-hybridized carbons (Fsp3) is 0.174. The molecule has 170 valence electrons. The van der Waals surface area contributed by atoms with Crippen molar-refractivity contribution < 1.29 is 37.7 Å². The molecule has 0 bridgehead atoms. The standard InChI is InChI=1S/C23H17F2NO6S/c1-11(20-15(25)4-3-5-17(20)31-2)32-12-6-7-14(24)16(8-12)26-19(27)9-18-21(22(26)28)13(10-33-18)23(29)30/h3-8,10-11H,9H2,1-2H3,(H,29,30). The zero-order valence-electron chi connectivity index (χ0n) is 17.4. The van der Waals surface area contributed by atoms with E-state index in [9.17, 15) is 28.3 Å². The summed E-state index contributed by atoms with van der Waals surface area (Å²) in [5, 5.41) is 10.6. The highest BCUT2D eigenvalue weighted by Gasteiger charge is 2.38. The fourth-order valence-electron chi connectivity index (χ4n) is 3.70. The number of carbonyl (C=O) groups excluding carboxylic acids is 2. The van der Waals surface area contributed by atoms with Gasteiger partial charge in [0, 0.05) is 16.3 Å². The van der Waals surface area contributed by atoms with Crippen molar-refractivity contribution in [2.24, 2.45) is 0 Å². The summed E-state index contributed by atoms with van der Waals surface area (Å²) in [6.45, 7) is 1.57. The maximum Gasteiger partial charge on any atom is 0.337 e. The van der Waals surface area contributed by atoms with Crippen molar-refractivity contribution in [1.29, 1.82) is 0 Å². The van der Waals surface area contributed by atoms with Crippen LogP contribution < -0.4 is 14.4 Å². The number of ether oxygens (including phenoxy) is 2. The molecule has 10 heteroatoms. The Morgan fingerprint density at radius 1 is 1.18 bits per heavy atom. The monoisotopic (exact) mass is 473 g/mol. The molecule has 7 nitrogen and oxygen atoms in total. The van der Waals surface area contributed by atoms with E-state index in [1.54, 1.807) is 13.0 Å². The largest absolute Gasteiger partial charge is 0.496 e. The van der Waals surface area contributed by atoms with Crippen molar-refractivity contribution in [2.45, 2.75) is 19.4 Å². The van der Waals surface area contributed by atoms with Gasteiger partial charge < -0.3 is 14.6 Å². The number of benzene rings is 2. The number of nitrogens with zero attached hydrogens (tertiary/aromatic N) is 1. The Kier molecular flexibility index (Phi) is 5.86. The summed E-state index contributed by atoms with van der Waals surface area (Å²) in [6.07, 6.45) is -1.10. The van der Waals surface area contributed by atoms with Gasteiger partial charge in [-0.1, -0.05) is 6.07 Å². The Morgan fingerprint density at radius 3 is 2.64 bits per heavy atom. The maximum atomic E-state index is 14.7. The molecule has 2 amide bonds. The van der Waals surface area contributed by atoms with E-state index in [2.05, 4.69) is 0 Å². The lowest BCUT2D eigenvalue weighted by molar-refractivity contribution is -0.117. The highest BCUT2D eigenvalue weighted by atomic mass is 32.1. The van der Waals surface area contributed by atoms with Crippen LogP contribution in [0.4, 0.5) is 14.5 Å². The smallest absolute Gasteiger partial charge is 0.337 e. The third-order valence-corrected chi connectivity index (χ3v) is 6.17. The zero-order valence-corrected chi connectivity index (χ0v) is 18.2. The van der Waals surface area contributed by atoms with E-state index in [1.165, 1.54) is 30.7 Å². The first-order chi connectivity index (χ1) is 15.7. The molecular formula is C23H17F2NO6S. The maximum absolute atomic E-state index is 14.7. The Labute approximate surface area is 190 Å². The molecular weight excluding hydrogens is 456 g/mol. The molecule has 0 saturated carbocycles. The number of amides is 2. The molecule has 1 unspecified atom stereocenters. The first kappa shape index (κ1) is 22.4. The van der Waals surface area contributed by atoms with Gasteiger partial charge in [0.2, 0.25) is 5.91 Å². The van der Waals surface area contributed by atoms with Gasteiger partial charge in [-0.3, -0.25) is 9.59 Å². The van der Waals surface area contributed by atoms with Crippen molar-refractivity contribution in [2.75, 3.05) is 12.0 Å². The summed E-state index contributed by atoms with van der Waals surface area (Å²) >= 11 is 0.988. The van der Waals surface area contributed by atoms with Gasteiger partial charge in [-0.2, -0.15) is 0 Å². The number of aromatic carboxylic acids is 1. The predicted octanol–water partition coefficient (Wildman–Crippen LogP) is 4.60. The molecule has 1 aromatic heterocycles. The summed E-state index contributed by atoms with van der Waals surface area (Å²) in [7, 11) is 1.39. The predicted molar refractivity (Wildman–Crippen MR) is 115 cm³/mol. The van der Waals surface area contributed by atoms with Crippen molar-refractivity contribution in [3.8, 4) is 11.5 Å². The van der Waals surface area contributed by atoms with Crippen LogP contribution in [0.2, 0.25) is 0 Å². The number of fused-ring (bicyclic) bond motifs is 1. The molecule has 4 rings (SSSR count). The molecule has 1 atom stereocenters. The number of anilines is 1. The van der Waals surface area contributed by atoms with Crippen molar-refractivity contribution >= 4 is 34.8 Å². The van der Waals surface area contributed by atoms with Crippen LogP contribution in [0, 0.1) is 11.6 Å². The molecule has 0 fully saturated rings. The summed E-state index contributed by atoms with van der Waals surface area (Å²) in [5.41, 5.74) is -0.624. The summed E-state index contributed by atoms with van der Waals surface area (Å²) < 4.78 is 40.0. The number of halogens is 2. The number of thiophene rings is 1. The zero-order chi connectivity index (χ0) is 23.9. The summed E-state index contributed by atoms with van der Waals surface area (Å²) in [5.74, 6) is -4.06. The summed E-state index contributed by atoms with van der Waals surface area (Å²) in [4.78, 5) is 38.1. The van der Waals surface area contributed by atoms with Gasteiger partial charge in [-0.25, -0.2) is 18.5 Å². The molecule has 0 spiro atoms. The van der Waals surface area contributed by atoms with Crippen LogP contribution in [-0.2, 0) is 11.2 Å². The van der Waals surface area contributed by atoms with Crippen LogP contribution in [0.3, 0.4) is 0 Å². The molecule has 3 aromatic rings. The second-order valence-corrected chi connectivity index (χ2v) is 8.16. The van der Waals surface area contributed by atoms with Crippen LogP contribution >= 0.6 is 11.3 Å². The third-order valence-electron chi connectivity index (χ3n) is 5.19. The van der Waals surface area contributed by atoms with E-state index >= 15 is 0 Å². The second-order valence-electron chi connectivity index (χ2n) is 7.19. The molecule has 2 aromatic carbocycles. The SMILES string of the molecule is COc1cccc(F)c1C(C)Oc1ccc(F)c(N2C(=O)Cc3scc(C(=O)O)c3C2=O)c1. The van der Waals surface area contributed by atoms with Gasteiger partial charge in [0.25, 0.3) is 5.91 Å². The van der Waals surface area contributed by atoms with Crippen molar-refractivity contribution in [3.63, 3.8) is 0 Å². The lowest BCUT2D eigenvalue weighted by Crippen LogP contribution is -2.43. The minimum Gasteiger partial charge on any atom is -0.496 e. The number of carbonyl (C=O) groups is 3. The van der Waals surface area contributed by atoms with Gasteiger partial charge in [0.05, 0.1) is 35.9 Å². The van der Waals surface area contributed by atoms with Gasteiger partial charge >= 0.3 is 5.97 Å². The Bertz CT molecular complexity index is 1290. The minimum absolute atomic E-state index is 0.0689. The van der Waals surface area contributed by atoms with Crippen LogP contribution in [-0.4, -0.2) is 30.0 Å². The number of carboxylic acid groups (broad SMARTS) is 1. The van der Waals surface area contributed by atoms with Crippen LogP contribution in [0.5, 0.6) is 11.5 Å². The van der Waals surface area contributed by atoms with E-state index in [0.29, 0.717) is 9.78 Å². The molecule has 0 saturated heterocycles. The molecule has 0 radical (unpaired) electrons. The van der Waals surface area contributed by atoms with E-state index in [4.69, 9.17) is 9.47 Å². The topological polar surface area (TPSA) is 93.1 Å². The molecule has 1 N–H and O–H groups in total. The molecule has 1 aliphatic heterocycles. The van der Waals surface area contributed by atoms with E-state index in [0.717, 1.165) is 23.5 Å². The fourth-order valence-corrected chi connectivity index (χ4v) is 4.70. The van der Waals surface area contributed by atoms with Gasteiger partial charge in [0.1, 0.15) is 29.2 Å². The molecule has 1 aliphatic rings. The number of methoxy groups -OCH3 is 1. The number of imide groups is 1. The van der Waals surface area contributed by atoms with E-state index in [1.807, 2.05) is 0 Å². The molecule has 33 heavy (non-hydrogen) atoms.